The molecule has 6 nitrogen and oxygen atoms in total. The summed E-state index contributed by atoms with van der Waals surface area (Å²) in [4.78, 5) is 18.1. The van der Waals surface area contributed by atoms with E-state index in [1.54, 1.807) is 12.1 Å². The normalized spacial score (nSPS) is 11.7. The average Bonchev–Trinajstić information content (AvgIpc) is 3.00. The maximum absolute atomic E-state index is 13.1. The first-order valence-electron chi connectivity index (χ1n) is 10.1. The molecule has 0 bridgehead atoms. The third kappa shape index (κ3) is 4.36. The van der Waals surface area contributed by atoms with E-state index in [1.807, 2.05) is 32.4 Å². The summed E-state index contributed by atoms with van der Waals surface area (Å²) in [6.07, 6.45) is 0. The highest BCUT2D eigenvalue weighted by Gasteiger charge is 2.18. The predicted molar refractivity (Wildman–Crippen MR) is 120 cm³/mol. The van der Waals surface area contributed by atoms with Crippen molar-refractivity contribution in [3.63, 3.8) is 0 Å². The summed E-state index contributed by atoms with van der Waals surface area (Å²) in [5.74, 6) is 1.12. The van der Waals surface area contributed by atoms with Gasteiger partial charge in [0.15, 0.2) is 16.3 Å². The number of aryl methyl sites for hydroxylation is 3. The zero-order valence-corrected chi connectivity index (χ0v) is 19.2. The molecule has 30 heavy (non-hydrogen) atoms. The number of nitrogens with zero attached hydrogens (tertiary/aromatic N) is 2. The summed E-state index contributed by atoms with van der Waals surface area (Å²) >= 11 is 1.51. The number of carbonyl (C=O) groups is 1. The van der Waals surface area contributed by atoms with Crippen molar-refractivity contribution in [1.82, 2.24) is 4.57 Å². The molecule has 7 heteroatoms. The molecule has 1 amide bonds. The lowest BCUT2D eigenvalue weighted by atomic mass is 10.1. The molecule has 3 rings (SSSR count). The maximum atomic E-state index is 13.1. The van der Waals surface area contributed by atoms with Gasteiger partial charge in [0, 0.05) is 12.6 Å². The van der Waals surface area contributed by atoms with Crippen LogP contribution in [0.2, 0.25) is 0 Å². The van der Waals surface area contributed by atoms with Crippen molar-refractivity contribution >= 4 is 27.5 Å². The van der Waals surface area contributed by atoms with Gasteiger partial charge in [-0.2, -0.15) is 4.99 Å². The molecule has 0 saturated heterocycles. The number of hydrogen-bond donors (Lipinski definition) is 0. The van der Waals surface area contributed by atoms with Gasteiger partial charge >= 0.3 is 0 Å². The minimum atomic E-state index is -0.350. The summed E-state index contributed by atoms with van der Waals surface area (Å²) < 4.78 is 20.2. The first kappa shape index (κ1) is 21.9. The molecule has 0 aliphatic rings. The van der Waals surface area contributed by atoms with Gasteiger partial charge in [0.1, 0.15) is 0 Å². The van der Waals surface area contributed by atoms with Crippen molar-refractivity contribution in [1.29, 1.82) is 0 Å². The number of ether oxygens (including phenoxy) is 3. The van der Waals surface area contributed by atoms with E-state index >= 15 is 0 Å². The summed E-state index contributed by atoms with van der Waals surface area (Å²) in [6, 6.07) is 7.59. The first-order valence-corrected chi connectivity index (χ1v) is 10.9. The van der Waals surface area contributed by atoms with E-state index in [0.717, 1.165) is 10.2 Å². The topological polar surface area (TPSA) is 62.0 Å². The third-order valence-electron chi connectivity index (χ3n) is 4.59. The molecule has 0 N–H and O–H groups in total. The summed E-state index contributed by atoms with van der Waals surface area (Å²) in [7, 11) is 1.93. The number of aromatic nitrogens is 1. The standard InChI is InChI=1S/C23H28N2O4S/c1-7-27-18-12-16(13-19(28-8-2)20(18)29-9-3)22(26)24-23-25(6)17-11-14(4)10-15(5)21(17)30-23/h10-13H,7-9H2,1-6H3. The van der Waals surface area contributed by atoms with E-state index in [2.05, 4.69) is 31.0 Å². The van der Waals surface area contributed by atoms with E-state index in [9.17, 15) is 4.79 Å². The van der Waals surface area contributed by atoms with Crippen LogP contribution in [0.1, 0.15) is 42.3 Å². The Hall–Kier alpha value is -2.80. The summed E-state index contributed by atoms with van der Waals surface area (Å²) in [6.45, 7) is 11.2. The number of thiazole rings is 1. The fourth-order valence-corrected chi connectivity index (χ4v) is 4.40. The first-order chi connectivity index (χ1) is 14.4. The van der Waals surface area contributed by atoms with E-state index in [-0.39, 0.29) is 5.91 Å². The third-order valence-corrected chi connectivity index (χ3v) is 5.88. The second-order valence-corrected chi connectivity index (χ2v) is 7.87. The van der Waals surface area contributed by atoms with Gasteiger partial charge in [-0.3, -0.25) is 4.79 Å². The van der Waals surface area contributed by atoms with Crippen molar-refractivity contribution in [3.05, 3.63) is 45.8 Å². The van der Waals surface area contributed by atoms with Gasteiger partial charge in [0.05, 0.1) is 30.0 Å². The Morgan fingerprint density at radius 1 is 0.967 bits per heavy atom. The second kappa shape index (κ2) is 9.34. The van der Waals surface area contributed by atoms with Crippen LogP contribution in [0, 0.1) is 13.8 Å². The van der Waals surface area contributed by atoms with Gasteiger partial charge in [-0.05, 0) is 63.9 Å². The Bertz CT molecular complexity index is 1120. The van der Waals surface area contributed by atoms with Crippen LogP contribution in [-0.4, -0.2) is 30.3 Å². The minimum Gasteiger partial charge on any atom is -0.490 e. The molecule has 0 unspecified atom stereocenters. The zero-order valence-electron chi connectivity index (χ0n) is 18.4. The number of carbonyl (C=O) groups excluding carboxylic acids is 1. The molecule has 0 radical (unpaired) electrons. The number of amides is 1. The smallest absolute Gasteiger partial charge is 0.279 e. The number of benzene rings is 2. The minimum absolute atomic E-state index is 0.350. The molecule has 1 aromatic heterocycles. The Balaban J connectivity index is 2.11. The molecule has 0 aliphatic heterocycles. The van der Waals surface area contributed by atoms with Crippen LogP contribution in [0.4, 0.5) is 0 Å². The van der Waals surface area contributed by atoms with Crippen molar-refractivity contribution in [3.8, 4) is 17.2 Å². The van der Waals surface area contributed by atoms with Gasteiger partial charge in [-0.15, -0.1) is 0 Å². The van der Waals surface area contributed by atoms with Crippen LogP contribution in [-0.2, 0) is 7.05 Å². The lowest BCUT2D eigenvalue weighted by molar-refractivity contribution is 0.0997. The number of hydrogen-bond acceptors (Lipinski definition) is 5. The van der Waals surface area contributed by atoms with Crippen molar-refractivity contribution < 1.29 is 19.0 Å². The Morgan fingerprint density at radius 3 is 2.13 bits per heavy atom. The Morgan fingerprint density at radius 2 is 1.57 bits per heavy atom. The predicted octanol–water partition coefficient (Wildman–Crippen LogP) is 4.79. The van der Waals surface area contributed by atoms with E-state index in [4.69, 9.17) is 14.2 Å². The fourth-order valence-electron chi connectivity index (χ4n) is 3.34. The second-order valence-electron chi connectivity index (χ2n) is 6.89. The van der Waals surface area contributed by atoms with Gasteiger partial charge in [-0.25, -0.2) is 0 Å². The van der Waals surface area contributed by atoms with Crippen LogP contribution < -0.4 is 19.0 Å². The van der Waals surface area contributed by atoms with Crippen LogP contribution in [0.25, 0.3) is 10.2 Å². The average molecular weight is 429 g/mol. The van der Waals surface area contributed by atoms with Crippen molar-refractivity contribution in [2.75, 3.05) is 19.8 Å². The lowest BCUT2D eigenvalue weighted by Gasteiger charge is -2.16. The van der Waals surface area contributed by atoms with E-state index in [1.165, 1.54) is 22.5 Å². The SMILES string of the molecule is CCOc1cc(C(=O)N=c2sc3c(C)cc(C)cc3n2C)cc(OCC)c1OCC. The van der Waals surface area contributed by atoms with Crippen LogP contribution >= 0.6 is 11.3 Å². The lowest BCUT2D eigenvalue weighted by Crippen LogP contribution is -2.13. The van der Waals surface area contributed by atoms with Gasteiger partial charge in [0.25, 0.3) is 5.91 Å². The molecule has 0 fully saturated rings. The number of rotatable bonds is 7. The van der Waals surface area contributed by atoms with Crippen LogP contribution in [0.3, 0.4) is 0 Å². The highest BCUT2D eigenvalue weighted by Crippen LogP contribution is 2.39. The highest BCUT2D eigenvalue weighted by molar-refractivity contribution is 7.16. The molecule has 160 valence electrons. The quantitative estimate of drug-likeness (QED) is 0.543. The Kier molecular flexibility index (Phi) is 6.82. The number of fused-ring (bicyclic) bond motifs is 1. The van der Waals surface area contributed by atoms with E-state index < -0.39 is 0 Å². The summed E-state index contributed by atoms with van der Waals surface area (Å²) in [5, 5.41) is 0. The molecule has 2 aromatic carbocycles. The van der Waals surface area contributed by atoms with Gasteiger partial charge in [0.2, 0.25) is 5.75 Å². The molecule has 0 saturated carbocycles. The molecule has 0 spiro atoms. The highest BCUT2D eigenvalue weighted by atomic mass is 32.1. The van der Waals surface area contributed by atoms with Crippen molar-refractivity contribution in [2.45, 2.75) is 34.6 Å². The molecule has 0 aliphatic carbocycles. The molecular weight excluding hydrogens is 400 g/mol. The zero-order chi connectivity index (χ0) is 21.8. The van der Waals surface area contributed by atoms with Gasteiger partial charge < -0.3 is 18.8 Å². The largest absolute Gasteiger partial charge is 0.490 e. The molecule has 3 aromatic rings. The van der Waals surface area contributed by atoms with Crippen LogP contribution in [0.5, 0.6) is 17.2 Å². The van der Waals surface area contributed by atoms with Crippen molar-refractivity contribution in [2.24, 2.45) is 12.0 Å². The maximum Gasteiger partial charge on any atom is 0.279 e. The molecule has 1 heterocycles. The molecular formula is C23H28N2O4S. The summed E-state index contributed by atoms with van der Waals surface area (Å²) in [5.41, 5.74) is 3.83. The molecule has 0 atom stereocenters. The Labute approximate surface area is 180 Å². The fraction of sp³-hybridized carbons (Fsp3) is 0.391. The van der Waals surface area contributed by atoms with Gasteiger partial charge in [-0.1, -0.05) is 17.4 Å². The van der Waals surface area contributed by atoms with E-state index in [0.29, 0.717) is 47.4 Å². The monoisotopic (exact) mass is 428 g/mol. The van der Waals surface area contributed by atoms with Crippen LogP contribution in [0.15, 0.2) is 29.3 Å².